The van der Waals surface area contributed by atoms with E-state index in [2.05, 4.69) is 5.32 Å². The Morgan fingerprint density at radius 3 is 2.45 bits per heavy atom. The molecule has 0 spiro atoms. The Balaban J connectivity index is 1.74. The number of quaternary nitrogens is 1. The first kappa shape index (κ1) is 16.3. The van der Waals surface area contributed by atoms with Gasteiger partial charge in [0.2, 0.25) is 0 Å². The summed E-state index contributed by atoms with van der Waals surface area (Å²) in [5.41, 5.74) is 1.99. The molecule has 120 valence electrons. The number of nitrogens with one attached hydrogen (secondary N) is 2. The number of ether oxygens (including phenoxy) is 1. The number of anilines is 1. The standard InChI is InChI=1S/C16H23N3O3/c1-3-22-16(21)19-10-8-18(9-11-19)12-15(20)17-14-6-4-13(2)5-7-14/h4-7H,3,8-12H2,1-2H3,(H,17,20)/p+1. The number of aryl methyl sites for hydroxylation is 1. The van der Waals surface area contributed by atoms with Gasteiger partial charge in [-0.1, -0.05) is 17.7 Å². The number of carbonyl (C=O) groups excluding carboxylic acids is 2. The van der Waals surface area contributed by atoms with Gasteiger partial charge in [0.25, 0.3) is 5.91 Å². The Labute approximate surface area is 131 Å². The van der Waals surface area contributed by atoms with E-state index in [-0.39, 0.29) is 12.0 Å². The van der Waals surface area contributed by atoms with Gasteiger partial charge >= 0.3 is 6.09 Å². The third-order valence-corrected chi connectivity index (χ3v) is 3.74. The average Bonchev–Trinajstić information content (AvgIpc) is 2.50. The summed E-state index contributed by atoms with van der Waals surface area (Å²) >= 11 is 0. The maximum atomic E-state index is 12.0. The third-order valence-electron chi connectivity index (χ3n) is 3.74. The molecule has 1 aromatic carbocycles. The van der Waals surface area contributed by atoms with Crippen LogP contribution < -0.4 is 10.2 Å². The van der Waals surface area contributed by atoms with Crippen LogP contribution in [0.2, 0.25) is 0 Å². The lowest BCUT2D eigenvalue weighted by Gasteiger charge is -2.31. The first-order valence-corrected chi connectivity index (χ1v) is 7.70. The molecule has 6 nitrogen and oxygen atoms in total. The van der Waals surface area contributed by atoms with Gasteiger partial charge in [0.1, 0.15) is 0 Å². The molecule has 1 aliphatic rings. The number of amides is 2. The van der Waals surface area contributed by atoms with Crippen molar-refractivity contribution < 1.29 is 19.2 Å². The molecule has 1 aromatic rings. The van der Waals surface area contributed by atoms with E-state index in [1.54, 1.807) is 11.8 Å². The zero-order valence-electron chi connectivity index (χ0n) is 13.2. The molecule has 0 radical (unpaired) electrons. The van der Waals surface area contributed by atoms with Gasteiger partial charge in [-0.15, -0.1) is 0 Å². The summed E-state index contributed by atoms with van der Waals surface area (Å²) in [6, 6.07) is 7.75. The molecule has 0 aromatic heterocycles. The first-order chi connectivity index (χ1) is 10.6. The SMILES string of the molecule is CCOC(=O)N1CC[NH+](CC(=O)Nc2ccc(C)cc2)CC1. The van der Waals surface area contributed by atoms with Gasteiger partial charge in [-0.2, -0.15) is 0 Å². The van der Waals surface area contributed by atoms with Crippen molar-refractivity contribution in [3.05, 3.63) is 29.8 Å². The monoisotopic (exact) mass is 306 g/mol. The summed E-state index contributed by atoms with van der Waals surface area (Å²) in [6.07, 6.45) is -0.259. The van der Waals surface area contributed by atoms with E-state index in [0.29, 0.717) is 26.2 Å². The Bertz CT molecular complexity index is 508. The Kier molecular flexibility index (Phi) is 5.77. The largest absolute Gasteiger partial charge is 0.450 e. The van der Waals surface area contributed by atoms with Gasteiger partial charge < -0.3 is 15.0 Å². The minimum absolute atomic E-state index is 0.00318. The first-order valence-electron chi connectivity index (χ1n) is 7.70. The van der Waals surface area contributed by atoms with Crippen LogP contribution in [0.25, 0.3) is 0 Å². The van der Waals surface area contributed by atoms with Crippen LogP contribution in [0.3, 0.4) is 0 Å². The summed E-state index contributed by atoms with van der Waals surface area (Å²) in [5, 5.41) is 2.91. The second-order valence-corrected chi connectivity index (χ2v) is 5.53. The number of carbonyl (C=O) groups is 2. The molecule has 2 N–H and O–H groups in total. The fourth-order valence-electron chi connectivity index (χ4n) is 2.47. The third kappa shape index (κ3) is 4.73. The lowest BCUT2D eigenvalue weighted by atomic mass is 10.2. The molecule has 0 bridgehead atoms. The van der Waals surface area contributed by atoms with Gasteiger partial charge in [0.05, 0.1) is 32.8 Å². The highest BCUT2D eigenvalue weighted by Gasteiger charge is 2.25. The fraction of sp³-hybridized carbons (Fsp3) is 0.500. The molecular formula is C16H24N3O3+. The average molecular weight is 306 g/mol. The van der Waals surface area contributed by atoms with Crippen molar-refractivity contribution in [3.8, 4) is 0 Å². The van der Waals surface area contributed by atoms with Crippen molar-refractivity contribution in [2.45, 2.75) is 13.8 Å². The normalized spacial score (nSPS) is 15.5. The van der Waals surface area contributed by atoms with E-state index < -0.39 is 0 Å². The van der Waals surface area contributed by atoms with Gasteiger partial charge in [0, 0.05) is 5.69 Å². The van der Waals surface area contributed by atoms with E-state index >= 15 is 0 Å². The number of piperazine rings is 1. The Morgan fingerprint density at radius 1 is 1.23 bits per heavy atom. The highest BCUT2D eigenvalue weighted by molar-refractivity contribution is 5.91. The van der Waals surface area contributed by atoms with Gasteiger partial charge in [-0.05, 0) is 26.0 Å². The van der Waals surface area contributed by atoms with Crippen molar-refractivity contribution in [2.75, 3.05) is 44.6 Å². The van der Waals surface area contributed by atoms with Crippen LogP contribution in [0.1, 0.15) is 12.5 Å². The molecule has 0 atom stereocenters. The predicted octanol–water partition coefficient (Wildman–Crippen LogP) is 0.291. The van der Waals surface area contributed by atoms with Crippen LogP contribution >= 0.6 is 0 Å². The minimum Gasteiger partial charge on any atom is -0.450 e. The van der Waals surface area contributed by atoms with Crippen LogP contribution in [0.5, 0.6) is 0 Å². The van der Waals surface area contributed by atoms with Crippen molar-refractivity contribution in [2.24, 2.45) is 0 Å². The number of benzene rings is 1. The molecule has 0 unspecified atom stereocenters. The second-order valence-electron chi connectivity index (χ2n) is 5.53. The summed E-state index contributed by atoms with van der Waals surface area (Å²) in [6.45, 7) is 7.42. The van der Waals surface area contributed by atoms with Crippen molar-refractivity contribution in [3.63, 3.8) is 0 Å². The molecule has 0 aliphatic carbocycles. The second kappa shape index (κ2) is 7.79. The van der Waals surface area contributed by atoms with Gasteiger partial charge in [0.15, 0.2) is 6.54 Å². The summed E-state index contributed by atoms with van der Waals surface area (Å²) in [4.78, 5) is 26.5. The van der Waals surface area contributed by atoms with Crippen LogP contribution in [-0.4, -0.2) is 56.2 Å². The van der Waals surface area contributed by atoms with E-state index in [9.17, 15) is 9.59 Å². The van der Waals surface area contributed by atoms with Gasteiger partial charge in [-0.3, -0.25) is 9.69 Å². The molecule has 6 heteroatoms. The number of hydrogen-bond acceptors (Lipinski definition) is 3. The number of nitrogens with zero attached hydrogens (tertiary/aromatic N) is 1. The maximum absolute atomic E-state index is 12.0. The summed E-state index contributed by atoms with van der Waals surface area (Å²) in [7, 11) is 0. The quantitative estimate of drug-likeness (QED) is 0.840. The van der Waals surface area contributed by atoms with E-state index in [4.69, 9.17) is 4.74 Å². The van der Waals surface area contributed by atoms with E-state index in [1.807, 2.05) is 31.2 Å². The highest BCUT2D eigenvalue weighted by Crippen LogP contribution is 2.07. The van der Waals surface area contributed by atoms with Crippen LogP contribution in [0.4, 0.5) is 10.5 Å². The maximum Gasteiger partial charge on any atom is 0.410 e. The van der Waals surface area contributed by atoms with E-state index in [0.717, 1.165) is 18.8 Å². The molecular weight excluding hydrogens is 282 g/mol. The minimum atomic E-state index is -0.259. The topological polar surface area (TPSA) is 63.1 Å². The fourth-order valence-corrected chi connectivity index (χ4v) is 2.47. The predicted molar refractivity (Wildman–Crippen MR) is 84.0 cm³/mol. The molecule has 2 rings (SSSR count). The highest BCUT2D eigenvalue weighted by atomic mass is 16.6. The molecule has 1 aliphatic heterocycles. The summed E-state index contributed by atoms with van der Waals surface area (Å²) in [5.74, 6) is 0.00318. The molecule has 0 saturated carbocycles. The Morgan fingerprint density at radius 2 is 1.86 bits per heavy atom. The molecule has 1 saturated heterocycles. The number of hydrogen-bond donors (Lipinski definition) is 2. The molecule has 1 fully saturated rings. The van der Waals surface area contributed by atoms with Gasteiger partial charge in [-0.25, -0.2) is 4.79 Å². The number of rotatable bonds is 4. The molecule has 22 heavy (non-hydrogen) atoms. The zero-order valence-corrected chi connectivity index (χ0v) is 13.2. The molecule has 1 heterocycles. The van der Waals surface area contributed by atoms with Crippen LogP contribution in [0.15, 0.2) is 24.3 Å². The lowest BCUT2D eigenvalue weighted by molar-refractivity contribution is -0.895. The molecule has 2 amide bonds. The van der Waals surface area contributed by atoms with E-state index in [1.165, 1.54) is 10.5 Å². The zero-order chi connectivity index (χ0) is 15.9. The van der Waals surface area contributed by atoms with Crippen LogP contribution in [-0.2, 0) is 9.53 Å². The van der Waals surface area contributed by atoms with Crippen molar-refractivity contribution in [1.82, 2.24) is 4.90 Å². The smallest absolute Gasteiger partial charge is 0.410 e. The van der Waals surface area contributed by atoms with Crippen LogP contribution in [0, 0.1) is 6.92 Å². The van der Waals surface area contributed by atoms with Crippen molar-refractivity contribution in [1.29, 1.82) is 0 Å². The lowest BCUT2D eigenvalue weighted by Crippen LogP contribution is -3.15. The summed E-state index contributed by atoms with van der Waals surface area (Å²) < 4.78 is 4.98. The Hall–Kier alpha value is -2.08. The van der Waals surface area contributed by atoms with Crippen molar-refractivity contribution >= 4 is 17.7 Å².